The molecule has 0 unspecified atom stereocenters. The maximum atomic E-state index is 14.0. The topological polar surface area (TPSA) is 86.9 Å². The van der Waals surface area contributed by atoms with E-state index in [1.807, 2.05) is 10.6 Å². The molecule has 2 N–H and O–H groups in total. The zero-order chi connectivity index (χ0) is 18.5. The fourth-order valence-corrected chi connectivity index (χ4v) is 3.62. The van der Waals surface area contributed by atoms with Gasteiger partial charge in [-0.25, -0.2) is 4.39 Å². The highest BCUT2D eigenvalue weighted by Crippen LogP contribution is 2.26. The van der Waals surface area contributed by atoms with Gasteiger partial charge in [0.25, 0.3) is 0 Å². The molecule has 136 valence electrons. The van der Waals surface area contributed by atoms with Gasteiger partial charge in [-0.05, 0) is 29.8 Å². The number of benzene rings is 1. The minimum absolute atomic E-state index is 0.183. The van der Waals surface area contributed by atoms with Crippen molar-refractivity contribution in [2.24, 2.45) is 5.73 Å². The molecule has 1 amide bonds. The predicted octanol–water partition coefficient (Wildman–Crippen LogP) is 3.53. The first kappa shape index (κ1) is 18.7. The van der Waals surface area contributed by atoms with Gasteiger partial charge >= 0.3 is 0 Å². The van der Waals surface area contributed by atoms with E-state index in [9.17, 15) is 9.18 Å². The van der Waals surface area contributed by atoms with Crippen molar-refractivity contribution in [2.45, 2.75) is 30.3 Å². The number of carbonyl (C=O) groups is 1. The second-order valence-electron chi connectivity index (χ2n) is 5.56. The van der Waals surface area contributed by atoms with Crippen molar-refractivity contribution < 1.29 is 13.6 Å². The summed E-state index contributed by atoms with van der Waals surface area (Å²) in [5, 5.41) is 8.97. The second kappa shape index (κ2) is 8.50. The van der Waals surface area contributed by atoms with E-state index in [0.717, 1.165) is 5.76 Å². The first-order valence-corrected chi connectivity index (χ1v) is 9.60. The third-order valence-electron chi connectivity index (χ3n) is 3.65. The van der Waals surface area contributed by atoms with E-state index >= 15 is 0 Å². The summed E-state index contributed by atoms with van der Waals surface area (Å²) >= 11 is 4.62. The monoisotopic (exact) mass is 438 g/mol. The molecule has 0 aliphatic carbocycles. The average molecular weight is 439 g/mol. The van der Waals surface area contributed by atoms with Crippen LogP contribution in [-0.2, 0) is 23.5 Å². The lowest BCUT2D eigenvalue weighted by Gasteiger charge is -2.09. The largest absolute Gasteiger partial charge is 0.467 e. The van der Waals surface area contributed by atoms with Crippen LogP contribution >= 0.6 is 27.7 Å². The van der Waals surface area contributed by atoms with Crippen LogP contribution in [-0.4, -0.2) is 20.7 Å². The zero-order valence-corrected chi connectivity index (χ0v) is 16.1. The molecule has 6 nitrogen and oxygen atoms in total. The van der Waals surface area contributed by atoms with Gasteiger partial charge in [0, 0.05) is 23.1 Å². The third kappa shape index (κ3) is 4.73. The van der Waals surface area contributed by atoms with Gasteiger partial charge in [-0.15, -0.1) is 10.2 Å². The Labute approximate surface area is 162 Å². The molecule has 0 spiro atoms. The number of aryl methyl sites for hydroxylation is 1. The number of rotatable bonds is 8. The Morgan fingerprint density at radius 2 is 2.19 bits per heavy atom. The molecule has 1 aromatic carbocycles. The van der Waals surface area contributed by atoms with Crippen LogP contribution in [0.1, 0.15) is 23.6 Å². The van der Waals surface area contributed by atoms with Crippen molar-refractivity contribution in [1.29, 1.82) is 0 Å². The lowest BCUT2D eigenvalue weighted by Crippen LogP contribution is -2.14. The molecular formula is C17H16BrFN4O2S. The van der Waals surface area contributed by atoms with Gasteiger partial charge in [0.15, 0.2) is 5.16 Å². The second-order valence-corrected chi connectivity index (χ2v) is 7.41. The highest BCUT2D eigenvalue weighted by atomic mass is 79.9. The number of hydrogen-bond acceptors (Lipinski definition) is 5. The molecule has 9 heteroatoms. The Morgan fingerprint density at radius 1 is 1.35 bits per heavy atom. The lowest BCUT2D eigenvalue weighted by atomic mass is 10.2. The summed E-state index contributed by atoms with van der Waals surface area (Å²) < 4.78 is 22.0. The van der Waals surface area contributed by atoms with Crippen LogP contribution < -0.4 is 5.73 Å². The number of primary amides is 1. The van der Waals surface area contributed by atoms with E-state index in [0.29, 0.717) is 39.7 Å². The van der Waals surface area contributed by atoms with Gasteiger partial charge in [-0.1, -0.05) is 33.8 Å². The first-order chi connectivity index (χ1) is 12.5. The molecule has 0 saturated heterocycles. The molecule has 26 heavy (non-hydrogen) atoms. The third-order valence-corrected chi connectivity index (χ3v) is 5.16. The van der Waals surface area contributed by atoms with Gasteiger partial charge in [0.05, 0.1) is 12.8 Å². The Bertz CT molecular complexity index is 898. The maximum absolute atomic E-state index is 14.0. The molecule has 0 fully saturated rings. The SMILES string of the molecule is NC(=O)CCc1nnc(SCc2ccc(Br)cc2F)n1Cc1ccco1. The number of aromatic nitrogens is 3. The average Bonchev–Trinajstić information content (AvgIpc) is 3.23. The van der Waals surface area contributed by atoms with Crippen molar-refractivity contribution >= 4 is 33.6 Å². The zero-order valence-electron chi connectivity index (χ0n) is 13.7. The molecular weight excluding hydrogens is 423 g/mol. The van der Waals surface area contributed by atoms with Gasteiger partial charge in [-0.3, -0.25) is 9.36 Å². The van der Waals surface area contributed by atoms with E-state index in [4.69, 9.17) is 10.2 Å². The minimum atomic E-state index is -0.399. The van der Waals surface area contributed by atoms with E-state index in [1.165, 1.54) is 17.8 Å². The molecule has 0 aliphatic heterocycles. The van der Waals surface area contributed by atoms with Gasteiger partial charge in [-0.2, -0.15) is 0 Å². The lowest BCUT2D eigenvalue weighted by molar-refractivity contribution is -0.118. The van der Waals surface area contributed by atoms with Crippen LogP contribution in [0.3, 0.4) is 0 Å². The van der Waals surface area contributed by atoms with Crippen LogP contribution in [0.15, 0.2) is 50.6 Å². The molecule has 0 saturated carbocycles. The molecule has 0 bridgehead atoms. The Morgan fingerprint density at radius 3 is 2.88 bits per heavy atom. The van der Waals surface area contributed by atoms with Gasteiger partial charge in [0.1, 0.15) is 17.4 Å². The Kier molecular flexibility index (Phi) is 6.10. The van der Waals surface area contributed by atoms with Crippen LogP contribution in [0.2, 0.25) is 0 Å². The van der Waals surface area contributed by atoms with E-state index < -0.39 is 5.91 Å². The van der Waals surface area contributed by atoms with Crippen LogP contribution in [0.5, 0.6) is 0 Å². The highest BCUT2D eigenvalue weighted by Gasteiger charge is 2.16. The van der Waals surface area contributed by atoms with Gasteiger partial charge in [0.2, 0.25) is 5.91 Å². The van der Waals surface area contributed by atoms with Crippen LogP contribution in [0, 0.1) is 5.82 Å². The molecule has 2 heterocycles. The van der Waals surface area contributed by atoms with E-state index in [2.05, 4.69) is 26.1 Å². The quantitative estimate of drug-likeness (QED) is 0.543. The summed E-state index contributed by atoms with van der Waals surface area (Å²) in [7, 11) is 0. The summed E-state index contributed by atoms with van der Waals surface area (Å²) in [4.78, 5) is 11.1. The van der Waals surface area contributed by atoms with Gasteiger partial charge < -0.3 is 10.2 Å². The molecule has 0 radical (unpaired) electrons. The molecule has 2 aromatic heterocycles. The van der Waals surface area contributed by atoms with Crippen molar-refractivity contribution in [3.63, 3.8) is 0 Å². The number of nitrogens with zero attached hydrogens (tertiary/aromatic N) is 3. The predicted molar refractivity (Wildman–Crippen MR) is 99.0 cm³/mol. The highest BCUT2D eigenvalue weighted by molar-refractivity contribution is 9.10. The van der Waals surface area contributed by atoms with Crippen molar-refractivity contribution in [2.75, 3.05) is 0 Å². The molecule has 0 aliphatic rings. The molecule has 0 atom stereocenters. The molecule has 3 rings (SSSR count). The van der Waals surface area contributed by atoms with Crippen molar-refractivity contribution in [1.82, 2.24) is 14.8 Å². The Balaban J connectivity index is 1.79. The number of furan rings is 1. The summed E-state index contributed by atoms with van der Waals surface area (Å²) in [6.45, 7) is 0.430. The van der Waals surface area contributed by atoms with E-state index in [-0.39, 0.29) is 12.2 Å². The maximum Gasteiger partial charge on any atom is 0.217 e. The van der Waals surface area contributed by atoms with Crippen molar-refractivity contribution in [3.05, 3.63) is 64.0 Å². The number of hydrogen-bond donors (Lipinski definition) is 1. The van der Waals surface area contributed by atoms with E-state index in [1.54, 1.807) is 24.5 Å². The summed E-state index contributed by atoms with van der Waals surface area (Å²) in [6, 6.07) is 8.60. The summed E-state index contributed by atoms with van der Waals surface area (Å²) in [5.74, 6) is 1.10. The standard InChI is InChI=1S/C17H16BrFN4O2S/c18-12-4-3-11(14(19)8-12)10-26-17-22-21-16(6-5-15(20)24)23(17)9-13-2-1-7-25-13/h1-4,7-8H,5-6,9-10H2,(H2,20,24). The van der Waals surface area contributed by atoms with Crippen LogP contribution in [0.4, 0.5) is 4.39 Å². The smallest absolute Gasteiger partial charge is 0.217 e. The van der Waals surface area contributed by atoms with Crippen molar-refractivity contribution in [3.8, 4) is 0 Å². The number of thioether (sulfide) groups is 1. The fraction of sp³-hybridized carbons (Fsp3) is 0.235. The number of halogens is 2. The fourth-order valence-electron chi connectivity index (χ4n) is 2.34. The summed E-state index contributed by atoms with van der Waals surface area (Å²) in [6.07, 6.45) is 2.16. The van der Waals surface area contributed by atoms with Crippen LogP contribution in [0.25, 0.3) is 0 Å². The molecule has 3 aromatic rings. The normalized spacial score (nSPS) is 11.0. The number of carbonyl (C=O) groups excluding carboxylic acids is 1. The minimum Gasteiger partial charge on any atom is -0.467 e. The first-order valence-electron chi connectivity index (χ1n) is 7.82. The summed E-state index contributed by atoms with van der Waals surface area (Å²) in [5.41, 5.74) is 5.80. The number of nitrogens with two attached hydrogens (primary N) is 1. The Hall–Kier alpha value is -2.13. The number of amides is 1.